The Bertz CT molecular complexity index is 4400. The molecule has 12 rings (SSSR count). The van der Waals surface area contributed by atoms with Crippen LogP contribution in [0.5, 0.6) is 0 Å². The van der Waals surface area contributed by atoms with Crippen molar-refractivity contribution in [2.45, 2.75) is 0 Å². The van der Waals surface area contributed by atoms with Gasteiger partial charge in [-0.1, -0.05) is 145 Å². The van der Waals surface area contributed by atoms with Gasteiger partial charge in [-0.25, -0.2) is 15.0 Å². The average Bonchev–Trinajstić information content (AvgIpc) is 4.13. The summed E-state index contributed by atoms with van der Waals surface area (Å²) in [4.78, 5) is 13.6. The first-order chi connectivity index (χ1) is 35.3. The summed E-state index contributed by atoms with van der Waals surface area (Å²) in [7, 11) is 0. The van der Waals surface area contributed by atoms with E-state index in [1.54, 1.807) is 12.1 Å². The van der Waals surface area contributed by atoms with E-state index in [1.165, 1.54) is 11.3 Å². The predicted octanol–water partition coefficient (Wildman–Crippen LogP) is 14.8. The molecule has 57 heavy (non-hydrogen) atoms. The van der Waals surface area contributed by atoms with E-state index in [-0.39, 0.29) is 73.8 Å². The van der Waals surface area contributed by atoms with Gasteiger partial charge in [0.2, 0.25) is 0 Å². The summed E-state index contributed by atoms with van der Waals surface area (Å²) in [5.41, 5.74) is 2.86. The first-order valence-electron chi connectivity index (χ1n) is 26.0. The molecule has 266 valence electrons. The molecule has 8 aromatic carbocycles. The minimum atomic E-state index is -0.650. The Kier molecular flexibility index (Phi) is 4.43. The summed E-state index contributed by atoms with van der Waals surface area (Å²) in [6.07, 6.45) is 0. The highest BCUT2D eigenvalue weighted by molar-refractivity contribution is 7.26. The van der Waals surface area contributed by atoms with Crippen LogP contribution in [0.15, 0.2) is 180 Å². The molecule has 0 N–H and O–H groups in total. The molecule has 0 spiro atoms. The number of para-hydroxylation sites is 1. The number of aromatic nitrogens is 3. The van der Waals surface area contributed by atoms with Crippen LogP contribution < -0.4 is 0 Å². The van der Waals surface area contributed by atoms with Crippen molar-refractivity contribution in [3.8, 4) is 56.4 Å². The van der Waals surface area contributed by atoms with Gasteiger partial charge in [-0.2, -0.15) is 0 Å². The van der Waals surface area contributed by atoms with E-state index in [4.69, 9.17) is 26.3 Å². The van der Waals surface area contributed by atoms with E-state index >= 15 is 0 Å². The average molecular weight is 781 g/mol. The van der Waals surface area contributed by atoms with Crippen molar-refractivity contribution in [3.05, 3.63) is 176 Å². The number of hydrogen-bond donors (Lipinski definition) is 0. The second-order valence-corrected chi connectivity index (χ2v) is 15.1. The first-order valence-corrected chi connectivity index (χ1v) is 19.2. The zero-order chi connectivity index (χ0) is 52.2. The molecular formula is C51H29N3OS2. The van der Waals surface area contributed by atoms with Crippen molar-refractivity contribution in [2.75, 3.05) is 0 Å². The van der Waals surface area contributed by atoms with Gasteiger partial charge in [0.05, 0.1) is 23.3 Å². The smallest absolute Gasteiger partial charge is 0.164 e. The summed E-state index contributed by atoms with van der Waals surface area (Å²) >= 11 is 2.50. The van der Waals surface area contributed by atoms with Crippen LogP contribution >= 0.6 is 22.7 Å². The van der Waals surface area contributed by atoms with Crippen molar-refractivity contribution in [1.29, 1.82) is 0 Å². The van der Waals surface area contributed by atoms with Crippen molar-refractivity contribution in [1.82, 2.24) is 15.0 Å². The highest BCUT2D eigenvalue weighted by Crippen LogP contribution is 2.48. The normalized spacial score (nSPS) is 16.0. The molecule has 0 aliphatic carbocycles. The van der Waals surface area contributed by atoms with E-state index in [0.717, 1.165) is 37.1 Å². The molecule has 4 aromatic heterocycles. The predicted molar refractivity (Wildman–Crippen MR) is 240 cm³/mol. The van der Waals surface area contributed by atoms with E-state index < -0.39 is 78.6 Å². The largest absolute Gasteiger partial charge is 0.455 e. The Morgan fingerprint density at radius 1 is 0.421 bits per heavy atom. The van der Waals surface area contributed by atoms with E-state index in [0.29, 0.717) is 43.3 Å². The van der Waals surface area contributed by atoms with Crippen LogP contribution in [-0.4, -0.2) is 15.0 Å². The lowest BCUT2D eigenvalue weighted by atomic mass is 9.92. The minimum Gasteiger partial charge on any atom is -0.455 e. The molecule has 0 bridgehead atoms. The molecule has 0 saturated carbocycles. The van der Waals surface area contributed by atoms with E-state index in [1.807, 2.05) is 60.7 Å². The summed E-state index contributed by atoms with van der Waals surface area (Å²) in [5, 5.41) is 3.24. The number of rotatable bonds is 5. The van der Waals surface area contributed by atoms with Gasteiger partial charge in [0.1, 0.15) is 11.2 Å². The number of furan rings is 1. The molecule has 0 aliphatic rings. The molecule has 0 aliphatic heterocycles. The Morgan fingerprint density at radius 2 is 1.11 bits per heavy atom. The molecule has 0 radical (unpaired) electrons. The quantitative estimate of drug-likeness (QED) is 0.175. The van der Waals surface area contributed by atoms with Crippen LogP contribution in [0.3, 0.4) is 0 Å². The number of benzene rings is 8. The maximum Gasteiger partial charge on any atom is 0.164 e. The second kappa shape index (κ2) is 12.8. The lowest BCUT2D eigenvalue weighted by Crippen LogP contribution is -1.99. The number of fused-ring (bicyclic) bond motifs is 9. The third-order valence-electron chi connectivity index (χ3n) is 9.86. The van der Waals surface area contributed by atoms with E-state index in [9.17, 15) is 1.37 Å². The standard InChI is InChI=1S/C51H29N3OS2/c1-3-13-30(14-4-1)49-52-50(31-15-5-2-6-16-31)54-51(53-49)32-25-26-40-44(29-32)56-43-24-12-19-34(45(40)43)36-28-27-35(46-39-18-7-9-22-41(39)55-47(36)46)38-21-11-20-37-33-17-8-10-23-42(33)57-48(37)38/h1-29H/i1D,2D,3D,4D,5D,6D,8D,10D,11D,13D,14D,15D,16D,17D,20D,21D,23D. The maximum atomic E-state index is 9.34. The third kappa shape index (κ3) is 5.15. The van der Waals surface area contributed by atoms with Gasteiger partial charge in [-0.15, -0.1) is 22.7 Å². The van der Waals surface area contributed by atoms with Crippen molar-refractivity contribution in [2.24, 2.45) is 0 Å². The lowest BCUT2D eigenvalue weighted by Gasteiger charge is -2.11. The SMILES string of the molecule is [2H]c1c([2H])c([2H])c(-c2nc(-c3ccc4c(c3)sc3cccc(-c5ccc(-c6c([2H])c([2H])c([2H])c7c6sc6c([2H])c([2H])c([2H])c([2H])c67)c6c5oc5ccccc56)c34)nc(-c3c([2H])c([2H])c([2H])c([2H])c3[2H])n2)c([2H])c1[2H]. The van der Waals surface area contributed by atoms with Gasteiger partial charge in [-0.3, -0.25) is 0 Å². The third-order valence-corrected chi connectivity index (χ3v) is 12.1. The summed E-state index contributed by atoms with van der Waals surface area (Å²) in [6.45, 7) is 0. The molecule has 0 amide bonds. The van der Waals surface area contributed by atoms with Crippen LogP contribution in [0.4, 0.5) is 0 Å². The van der Waals surface area contributed by atoms with Crippen LogP contribution in [0.25, 0.3) is 119 Å². The first kappa shape index (κ1) is 19.7. The van der Waals surface area contributed by atoms with Gasteiger partial charge in [-0.05, 0) is 41.4 Å². The van der Waals surface area contributed by atoms with Crippen LogP contribution in [0, 0.1) is 0 Å². The Labute approximate surface area is 358 Å². The summed E-state index contributed by atoms with van der Waals surface area (Å²) < 4.78 is 155. The zero-order valence-electron chi connectivity index (χ0n) is 46.0. The van der Waals surface area contributed by atoms with Crippen LogP contribution in [-0.2, 0) is 0 Å². The molecule has 4 heterocycles. The van der Waals surface area contributed by atoms with Gasteiger partial charge < -0.3 is 4.42 Å². The van der Waals surface area contributed by atoms with Crippen molar-refractivity contribution < 1.29 is 27.7 Å². The highest BCUT2D eigenvalue weighted by Gasteiger charge is 2.22. The monoisotopic (exact) mass is 780 g/mol. The Hall–Kier alpha value is -6.99. The molecule has 0 atom stereocenters. The Balaban J connectivity index is 1.08. The topological polar surface area (TPSA) is 51.8 Å². The fourth-order valence-corrected chi connectivity index (χ4v) is 9.66. The molecular weight excluding hydrogens is 735 g/mol. The zero-order valence-corrected chi connectivity index (χ0v) is 30.6. The molecule has 6 heteroatoms. The van der Waals surface area contributed by atoms with Gasteiger partial charge >= 0.3 is 0 Å². The number of hydrogen-bond acceptors (Lipinski definition) is 6. The second-order valence-electron chi connectivity index (χ2n) is 13.0. The fraction of sp³-hybridized carbons (Fsp3) is 0. The van der Waals surface area contributed by atoms with Crippen LogP contribution in [0.1, 0.15) is 23.3 Å². The highest BCUT2D eigenvalue weighted by atomic mass is 32.1. The molecule has 0 unspecified atom stereocenters. The lowest BCUT2D eigenvalue weighted by molar-refractivity contribution is 0.670. The minimum absolute atomic E-state index is 0.0725. The summed E-state index contributed by atoms with van der Waals surface area (Å²) in [5.74, 6) is -0.827. The number of nitrogens with zero attached hydrogens (tertiary/aromatic N) is 3. The van der Waals surface area contributed by atoms with Gasteiger partial charge in [0.25, 0.3) is 0 Å². The number of thiophene rings is 2. The van der Waals surface area contributed by atoms with Gasteiger partial charge in [0.15, 0.2) is 17.5 Å². The fourth-order valence-electron chi connectivity index (χ4n) is 7.41. The molecule has 0 saturated heterocycles. The molecule has 0 fully saturated rings. The van der Waals surface area contributed by atoms with E-state index in [2.05, 4.69) is 15.0 Å². The van der Waals surface area contributed by atoms with Crippen molar-refractivity contribution >= 4 is 85.0 Å². The molecule has 12 aromatic rings. The van der Waals surface area contributed by atoms with Gasteiger partial charge in [0, 0.05) is 78.9 Å². The van der Waals surface area contributed by atoms with Crippen LogP contribution in [0.2, 0.25) is 0 Å². The Morgan fingerprint density at radius 3 is 1.91 bits per heavy atom. The summed E-state index contributed by atoms with van der Waals surface area (Å²) in [6, 6.07) is 13.5. The maximum absolute atomic E-state index is 9.34. The molecule has 4 nitrogen and oxygen atoms in total. The van der Waals surface area contributed by atoms with Crippen molar-refractivity contribution in [3.63, 3.8) is 0 Å².